The molecule has 4 aliphatic rings. The lowest BCUT2D eigenvalue weighted by atomic mass is 9.98. The number of hydrogen-bond acceptors (Lipinski definition) is 6. The fraction of sp³-hybridized carbons (Fsp3) is 0. The Hall–Kier alpha value is -11.2. The predicted octanol–water partition coefficient (Wildman–Crippen LogP) is 14.9. The largest absolute Gasteiger partial charge is 0.306 e. The molecule has 412 valence electrons. The molecule has 14 aromatic rings. The highest BCUT2D eigenvalue weighted by atomic mass is 28.3. The van der Waals surface area contributed by atoms with E-state index in [1.54, 1.807) is 0 Å². The Kier molecular flexibility index (Phi) is 11.2. The molecule has 0 aliphatic carbocycles. The normalized spacial score (nSPS) is 14.2. The average Bonchev–Trinajstić information content (AvgIpc) is 1.50. The van der Waals surface area contributed by atoms with Crippen LogP contribution in [0.5, 0.6) is 0 Å². The number of nitrogens with zero attached hydrogens (tertiary/aromatic N) is 6. The van der Waals surface area contributed by atoms with E-state index in [4.69, 9.17) is 0 Å². The van der Waals surface area contributed by atoms with Gasteiger partial charge in [0.1, 0.15) is 0 Å². The van der Waals surface area contributed by atoms with Crippen molar-refractivity contribution in [1.82, 2.24) is 9.97 Å². The molecule has 0 saturated carbocycles. The first-order valence-electron chi connectivity index (χ1n) is 30.2. The highest BCUT2D eigenvalue weighted by molar-refractivity contribution is 7.23. The van der Waals surface area contributed by atoms with Crippen LogP contribution in [0, 0.1) is 0 Å². The van der Waals surface area contributed by atoms with Gasteiger partial charge in [-0.3, -0.25) is 9.97 Å². The molecule has 8 heteroatoms. The van der Waals surface area contributed by atoms with Crippen LogP contribution in [0.2, 0.25) is 0 Å². The van der Waals surface area contributed by atoms with Crippen LogP contribution < -0.4 is 61.1 Å². The van der Waals surface area contributed by atoms with Crippen molar-refractivity contribution < 1.29 is 0 Å². The molecule has 0 unspecified atom stereocenters. The SMILES string of the molecule is c1ccc([Si]2(c3ccccc3)c3ccccc3-c3cc4c(cc32)N(c2ccc3cc(N5c6ccccc6N(c6ccncc6)c6cc7c(cc65)[Si](c5ccccc5)(c5ccccc5)c5ccccc5-7)ccc3c2)c2ccccc2N4c2ccncc2)cc1. The summed E-state index contributed by atoms with van der Waals surface area (Å²) in [5.74, 6) is 0. The lowest BCUT2D eigenvalue weighted by molar-refractivity contribution is 1.16. The van der Waals surface area contributed by atoms with E-state index in [-0.39, 0.29) is 0 Å². The van der Waals surface area contributed by atoms with Crippen molar-refractivity contribution in [3.63, 3.8) is 0 Å². The molecule has 0 amide bonds. The highest BCUT2D eigenvalue weighted by Crippen LogP contribution is 2.58. The van der Waals surface area contributed by atoms with Crippen molar-refractivity contribution in [2.45, 2.75) is 0 Å². The van der Waals surface area contributed by atoms with Crippen molar-refractivity contribution in [3.05, 3.63) is 328 Å². The number of hydrogen-bond donors (Lipinski definition) is 0. The quantitative estimate of drug-likeness (QED) is 0.141. The predicted molar refractivity (Wildman–Crippen MR) is 371 cm³/mol. The molecular formula is C80H54N6Si2. The summed E-state index contributed by atoms with van der Waals surface area (Å²) in [4.78, 5) is 18.9. The number of anilines is 12. The third kappa shape index (κ3) is 7.15. The third-order valence-electron chi connectivity index (χ3n) is 19.0. The van der Waals surface area contributed by atoms with E-state index in [9.17, 15) is 0 Å². The maximum Gasteiger partial charge on any atom is 0.180 e. The number of rotatable bonds is 8. The fourth-order valence-corrected chi connectivity index (χ4v) is 25.8. The zero-order valence-electron chi connectivity index (χ0n) is 47.9. The van der Waals surface area contributed by atoms with Crippen molar-refractivity contribution in [2.24, 2.45) is 0 Å². The monoisotopic (exact) mass is 1150 g/mol. The lowest BCUT2D eigenvalue weighted by Crippen LogP contribution is -2.72. The molecule has 18 rings (SSSR count). The number of pyridine rings is 2. The van der Waals surface area contributed by atoms with Crippen LogP contribution in [-0.2, 0) is 0 Å². The summed E-state index contributed by atoms with van der Waals surface area (Å²) in [6.07, 6.45) is 7.62. The van der Waals surface area contributed by atoms with Gasteiger partial charge in [0.25, 0.3) is 0 Å². The van der Waals surface area contributed by atoms with Gasteiger partial charge in [-0.05, 0) is 172 Å². The van der Waals surface area contributed by atoms with E-state index >= 15 is 0 Å². The standard InChI is InChI=1S/C80H54N6Si2/c1-5-21-61(22-6-1)87(62-23-7-2-8-24-62)77-35-19-13-29-65(77)67-51-73-75(53-79(67)87)85(71-33-17-15-31-69(71)83(73)57-41-45-81-46-42-57)59-39-37-56-50-60(40-38-55(56)49-59)86-72-34-18-16-32-70(72)84(58-43-47-82-48-44-58)74-52-68-66-30-14-20-36-78(66)88(80(68)54-76(74)86,63-25-9-3-10-26-63)64-27-11-4-12-28-64/h1-54H. The van der Waals surface area contributed by atoms with E-state index in [1.807, 2.05) is 24.8 Å². The van der Waals surface area contributed by atoms with Crippen LogP contribution in [0.3, 0.4) is 0 Å². The first-order chi connectivity index (χ1) is 43.7. The van der Waals surface area contributed by atoms with Crippen LogP contribution >= 0.6 is 0 Å². The zero-order valence-corrected chi connectivity index (χ0v) is 49.9. The molecule has 4 aliphatic heterocycles. The second-order valence-corrected chi connectivity index (χ2v) is 30.7. The van der Waals surface area contributed by atoms with Gasteiger partial charge < -0.3 is 19.6 Å². The molecule has 0 radical (unpaired) electrons. The molecule has 0 saturated heterocycles. The smallest absolute Gasteiger partial charge is 0.180 e. The Bertz CT molecular complexity index is 4670. The van der Waals surface area contributed by atoms with Crippen molar-refractivity contribution in [2.75, 3.05) is 19.6 Å². The lowest BCUT2D eigenvalue weighted by Gasteiger charge is -2.42. The molecule has 88 heavy (non-hydrogen) atoms. The summed E-state index contributed by atoms with van der Waals surface area (Å²) in [6, 6.07) is 114. The molecule has 0 N–H and O–H groups in total. The first kappa shape index (κ1) is 50.2. The molecule has 0 fully saturated rings. The summed E-state index contributed by atoms with van der Waals surface area (Å²) in [5.41, 5.74) is 18.3. The van der Waals surface area contributed by atoms with Gasteiger partial charge in [0.15, 0.2) is 16.1 Å². The zero-order chi connectivity index (χ0) is 57.9. The van der Waals surface area contributed by atoms with Crippen molar-refractivity contribution >= 4 is 137 Å². The van der Waals surface area contributed by atoms with Gasteiger partial charge in [-0.15, -0.1) is 0 Å². The third-order valence-corrected chi connectivity index (χ3v) is 28.7. The van der Waals surface area contributed by atoms with E-state index in [0.29, 0.717) is 0 Å². The molecular weight excluding hydrogens is 1100 g/mol. The Morgan fingerprint density at radius 3 is 0.852 bits per heavy atom. The van der Waals surface area contributed by atoms with Crippen molar-refractivity contribution in [3.8, 4) is 22.3 Å². The second-order valence-electron chi connectivity index (χ2n) is 23.3. The minimum absolute atomic E-state index is 1.06. The Labute approximate surface area is 513 Å². The summed E-state index contributed by atoms with van der Waals surface area (Å²) >= 11 is 0. The summed E-state index contributed by atoms with van der Waals surface area (Å²) in [6.45, 7) is 0. The molecule has 0 atom stereocenters. The van der Waals surface area contributed by atoms with E-state index in [0.717, 1.165) is 79.0 Å². The van der Waals surface area contributed by atoms with Gasteiger partial charge in [0.2, 0.25) is 0 Å². The number of benzene rings is 12. The molecule has 0 bridgehead atoms. The molecule has 2 aromatic heterocycles. The second kappa shape index (κ2) is 19.7. The molecule has 6 nitrogen and oxygen atoms in total. The van der Waals surface area contributed by atoms with Crippen LogP contribution in [0.15, 0.2) is 328 Å². The number of para-hydroxylation sites is 4. The van der Waals surface area contributed by atoms with E-state index < -0.39 is 16.1 Å². The van der Waals surface area contributed by atoms with Gasteiger partial charge in [-0.2, -0.15) is 0 Å². The fourth-order valence-electron chi connectivity index (χ4n) is 15.4. The van der Waals surface area contributed by atoms with Crippen LogP contribution in [0.25, 0.3) is 33.0 Å². The van der Waals surface area contributed by atoms with Gasteiger partial charge >= 0.3 is 0 Å². The summed E-state index contributed by atoms with van der Waals surface area (Å²) in [5, 5.41) is 13.4. The molecule has 6 heterocycles. The van der Waals surface area contributed by atoms with Gasteiger partial charge in [-0.25, -0.2) is 0 Å². The minimum Gasteiger partial charge on any atom is -0.306 e. The Balaban J connectivity index is 0.843. The Morgan fingerprint density at radius 2 is 0.500 bits per heavy atom. The summed E-state index contributed by atoms with van der Waals surface area (Å²) in [7, 11) is -5.76. The van der Waals surface area contributed by atoms with E-state index in [2.05, 4.69) is 333 Å². The van der Waals surface area contributed by atoms with Crippen LogP contribution in [0.4, 0.5) is 68.2 Å². The number of aromatic nitrogens is 2. The Morgan fingerprint density at radius 1 is 0.205 bits per heavy atom. The topological polar surface area (TPSA) is 38.7 Å². The maximum atomic E-state index is 4.50. The van der Waals surface area contributed by atoms with Crippen molar-refractivity contribution in [1.29, 1.82) is 0 Å². The average molecular weight is 1160 g/mol. The van der Waals surface area contributed by atoms with Gasteiger partial charge in [0, 0.05) is 47.5 Å². The van der Waals surface area contributed by atoms with Gasteiger partial charge in [-0.1, -0.05) is 206 Å². The van der Waals surface area contributed by atoms with E-state index in [1.165, 1.54) is 63.7 Å². The van der Waals surface area contributed by atoms with Crippen LogP contribution in [-0.4, -0.2) is 26.1 Å². The van der Waals surface area contributed by atoms with Crippen LogP contribution in [0.1, 0.15) is 0 Å². The summed E-state index contributed by atoms with van der Waals surface area (Å²) < 4.78 is 0. The van der Waals surface area contributed by atoms with Gasteiger partial charge in [0.05, 0.1) is 45.5 Å². The molecule has 0 spiro atoms. The molecule has 12 aromatic carbocycles. The maximum absolute atomic E-state index is 4.50. The minimum atomic E-state index is -2.88. The first-order valence-corrected chi connectivity index (χ1v) is 34.2. The highest BCUT2D eigenvalue weighted by Gasteiger charge is 2.52. The number of fused-ring (bicyclic) bond motifs is 11.